The number of hydrogen-bond donors (Lipinski definition) is 1. The highest BCUT2D eigenvalue weighted by Gasteiger charge is 2.13. The number of nitrogens with one attached hydrogen (secondary N) is 1. The molecule has 0 saturated carbocycles. The van der Waals surface area contributed by atoms with E-state index in [0.29, 0.717) is 11.5 Å². The summed E-state index contributed by atoms with van der Waals surface area (Å²) < 4.78 is 7.20. The molecule has 4 aromatic rings. The third kappa shape index (κ3) is 3.31. The van der Waals surface area contributed by atoms with Gasteiger partial charge in [0.15, 0.2) is 5.82 Å². The summed E-state index contributed by atoms with van der Waals surface area (Å²) in [7, 11) is 1.77. The van der Waals surface area contributed by atoms with E-state index in [1.165, 1.54) is 11.1 Å². The lowest BCUT2D eigenvalue weighted by Crippen LogP contribution is -2.14. The number of aryl methyl sites for hydroxylation is 3. The van der Waals surface area contributed by atoms with Crippen molar-refractivity contribution in [1.29, 1.82) is 0 Å². The van der Waals surface area contributed by atoms with E-state index < -0.39 is 0 Å². The van der Waals surface area contributed by atoms with Crippen molar-refractivity contribution in [3.05, 3.63) is 59.4 Å². The van der Waals surface area contributed by atoms with Gasteiger partial charge in [0.1, 0.15) is 5.58 Å². The summed E-state index contributed by atoms with van der Waals surface area (Å²) in [6.07, 6.45) is 1.90. The van der Waals surface area contributed by atoms with Crippen LogP contribution in [0.2, 0.25) is 0 Å². The molecule has 0 radical (unpaired) electrons. The molecule has 136 valence electrons. The van der Waals surface area contributed by atoms with Crippen LogP contribution < -0.4 is 5.32 Å². The minimum Gasteiger partial charge on any atom is -0.464 e. The predicted molar refractivity (Wildman–Crippen MR) is 102 cm³/mol. The van der Waals surface area contributed by atoms with Gasteiger partial charge < -0.3 is 9.73 Å². The topological polar surface area (TPSA) is 85.8 Å². The lowest BCUT2D eigenvalue weighted by Gasteiger charge is -2.07. The second kappa shape index (κ2) is 6.68. The maximum absolute atomic E-state index is 12.5. The summed E-state index contributed by atoms with van der Waals surface area (Å²) in [5.41, 5.74) is 5.55. The normalized spacial score (nSPS) is 11.1. The monoisotopic (exact) mass is 361 g/mol. The zero-order chi connectivity index (χ0) is 19.0. The summed E-state index contributed by atoms with van der Waals surface area (Å²) in [6, 6.07) is 11.5. The number of tetrazole rings is 1. The first-order valence-corrected chi connectivity index (χ1v) is 8.61. The van der Waals surface area contributed by atoms with Crippen molar-refractivity contribution in [2.24, 2.45) is 7.05 Å². The molecule has 1 N–H and O–H groups in total. The molecule has 0 spiro atoms. The molecule has 2 heterocycles. The highest BCUT2D eigenvalue weighted by Crippen LogP contribution is 2.26. The van der Waals surface area contributed by atoms with Crippen LogP contribution in [-0.4, -0.2) is 26.1 Å². The number of furan rings is 1. The molecule has 7 heteroatoms. The number of carbonyl (C=O) groups excluding carboxylic acids is 1. The van der Waals surface area contributed by atoms with Crippen LogP contribution in [-0.2, 0) is 18.3 Å². The van der Waals surface area contributed by atoms with E-state index in [9.17, 15) is 4.79 Å². The van der Waals surface area contributed by atoms with E-state index in [-0.39, 0.29) is 12.3 Å². The Balaban J connectivity index is 1.54. The van der Waals surface area contributed by atoms with Gasteiger partial charge in [-0.05, 0) is 59.7 Å². The first-order valence-electron chi connectivity index (χ1n) is 8.61. The number of amides is 1. The molecule has 4 rings (SSSR count). The fraction of sp³-hybridized carbons (Fsp3) is 0.200. The first-order chi connectivity index (χ1) is 13.0. The Kier molecular flexibility index (Phi) is 4.19. The number of rotatable bonds is 4. The maximum Gasteiger partial charge on any atom is 0.228 e. The smallest absolute Gasteiger partial charge is 0.228 e. The van der Waals surface area contributed by atoms with Gasteiger partial charge in [-0.2, -0.15) is 0 Å². The summed E-state index contributed by atoms with van der Waals surface area (Å²) in [5, 5.41) is 15.4. The summed E-state index contributed by atoms with van der Waals surface area (Å²) >= 11 is 0. The number of anilines is 1. The Morgan fingerprint density at radius 3 is 2.78 bits per heavy atom. The number of carbonyl (C=O) groups is 1. The molecule has 0 unspecified atom stereocenters. The van der Waals surface area contributed by atoms with Crippen molar-refractivity contribution in [3.63, 3.8) is 0 Å². The van der Waals surface area contributed by atoms with Gasteiger partial charge in [0.25, 0.3) is 0 Å². The van der Waals surface area contributed by atoms with E-state index >= 15 is 0 Å². The minimum absolute atomic E-state index is 0.107. The van der Waals surface area contributed by atoms with Crippen LogP contribution in [0.15, 0.2) is 47.1 Å². The van der Waals surface area contributed by atoms with Crippen LogP contribution in [0.5, 0.6) is 0 Å². The molecule has 0 bridgehead atoms. The van der Waals surface area contributed by atoms with Crippen molar-refractivity contribution in [1.82, 2.24) is 20.2 Å². The Labute approximate surface area is 156 Å². The van der Waals surface area contributed by atoms with Crippen LogP contribution in [0.4, 0.5) is 5.69 Å². The highest BCUT2D eigenvalue weighted by atomic mass is 16.3. The fourth-order valence-electron chi connectivity index (χ4n) is 3.06. The van der Waals surface area contributed by atoms with Crippen molar-refractivity contribution in [2.45, 2.75) is 20.3 Å². The van der Waals surface area contributed by atoms with Crippen molar-refractivity contribution in [2.75, 3.05) is 5.32 Å². The maximum atomic E-state index is 12.5. The molecular weight excluding hydrogens is 342 g/mol. The molecule has 0 aliphatic carbocycles. The lowest BCUT2D eigenvalue weighted by atomic mass is 10.0. The van der Waals surface area contributed by atoms with E-state index in [4.69, 9.17) is 4.42 Å². The summed E-state index contributed by atoms with van der Waals surface area (Å²) in [4.78, 5) is 12.5. The van der Waals surface area contributed by atoms with Gasteiger partial charge in [0.05, 0.1) is 12.7 Å². The van der Waals surface area contributed by atoms with Gasteiger partial charge in [0.2, 0.25) is 5.91 Å². The van der Waals surface area contributed by atoms with E-state index in [0.717, 1.165) is 22.1 Å². The molecule has 0 aliphatic heterocycles. The highest BCUT2D eigenvalue weighted by molar-refractivity contribution is 5.96. The van der Waals surface area contributed by atoms with Gasteiger partial charge in [0, 0.05) is 29.2 Å². The van der Waals surface area contributed by atoms with E-state index in [2.05, 4.69) is 33.8 Å². The van der Waals surface area contributed by atoms with E-state index in [1.807, 2.05) is 37.3 Å². The average molecular weight is 361 g/mol. The quantitative estimate of drug-likeness (QED) is 0.602. The minimum atomic E-state index is -0.107. The van der Waals surface area contributed by atoms with Crippen LogP contribution in [0, 0.1) is 13.8 Å². The van der Waals surface area contributed by atoms with Gasteiger partial charge in [-0.3, -0.25) is 4.79 Å². The number of fused-ring (bicyclic) bond motifs is 1. The molecule has 0 aliphatic rings. The zero-order valence-electron chi connectivity index (χ0n) is 15.4. The Morgan fingerprint density at radius 2 is 2.00 bits per heavy atom. The predicted octanol–water partition coefficient (Wildman–Crippen LogP) is 3.42. The molecule has 2 aromatic heterocycles. The van der Waals surface area contributed by atoms with Crippen LogP contribution in [0.25, 0.3) is 22.4 Å². The standard InChI is InChI=1S/C20H19N5O2/c1-12-7-17-15(11-27-18(17)8-13(12)2)10-19(26)21-16-6-4-5-14(9-16)20-22-23-24-25(20)3/h4-9,11H,10H2,1-3H3,(H,21,26). The fourth-order valence-corrected chi connectivity index (χ4v) is 3.06. The number of benzene rings is 2. The second-order valence-electron chi connectivity index (χ2n) is 6.63. The molecule has 2 aromatic carbocycles. The Bertz CT molecular complexity index is 1140. The largest absolute Gasteiger partial charge is 0.464 e. The molecule has 1 amide bonds. The van der Waals surface area contributed by atoms with Crippen LogP contribution in [0.1, 0.15) is 16.7 Å². The van der Waals surface area contributed by atoms with Crippen LogP contribution >= 0.6 is 0 Å². The Morgan fingerprint density at radius 1 is 1.19 bits per heavy atom. The molecule has 0 atom stereocenters. The number of aromatic nitrogens is 4. The molecule has 0 fully saturated rings. The Hall–Kier alpha value is -3.48. The number of nitrogens with zero attached hydrogens (tertiary/aromatic N) is 4. The van der Waals surface area contributed by atoms with Gasteiger partial charge in [-0.25, -0.2) is 4.68 Å². The average Bonchev–Trinajstić information content (AvgIpc) is 3.22. The first kappa shape index (κ1) is 17.0. The second-order valence-corrected chi connectivity index (χ2v) is 6.63. The van der Waals surface area contributed by atoms with Crippen molar-refractivity contribution >= 4 is 22.6 Å². The van der Waals surface area contributed by atoms with Gasteiger partial charge in [-0.15, -0.1) is 5.10 Å². The SMILES string of the molecule is Cc1cc2occ(CC(=O)Nc3cccc(-c4nnnn4C)c3)c2cc1C. The van der Waals surface area contributed by atoms with Gasteiger partial charge >= 0.3 is 0 Å². The molecule has 7 nitrogen and oxygen atoms in total. The third-order valence-electron chi connectivity index (χ3n) is 4.65. The van der Waals surface area contributed by atoms with Gasteiger partial charge in [-0.1, -0.05) is 12.1 Å². The number of hydrogen-bond acceptors (Lipinski definition) is 5. The zero-order valence-corrected chi connectivity index (χ0v) is 15.4. The van der Waals surface area contributed by atoms with E-state index in [1.54, 1.807) is 18.0 Å². The molecule has 27 heavy (non-hydrogen) atoms. The summed E-state index contributed by atoms with van der Waals surface area (Å²) in [6.45, 7) is 4.10. The molecular formula is C20H19N5O2. The van der Waals surface area contributed by atoms with Crippen molar-refractivity contribution in [3.8, 4) is 11.4 Å². The van der Waals surface area contributed by atoms with Crippen molar-refractivity contribution < 1.29 is 9.21 Å². The lowest BCUT2D eigenvalue weighted by molar-refractivity contribution is -0.115. The van der Waals surface area contributed by atoms with Crippen LogP contribution in [0.3, 0.4) is 0 Å². The summed E-state index contributed by atoms with van der Waals surface area (Å²) in [5.74, 6) is 0.530. The molecule has 0 saturated heterocycles. The third-order valence-corrected chi connectivity index (χ3v) is 4.65.